The van der Waals surface area contributed by atoms with Crippen molar-refractivity contribution in [2.75, 3.05) is 31.1 Å². The summed E-state index contributed by atoms with van der Waals surface area (Å²) in [7, 11) is 0. The molecule has 0 bridgehead atoms. The molecule has 3 aromatic rings. The lowest BCUT2D eigenvalue weighted by Gasteiger charge is -2.35. The molecule has 0 spiro atoms. The third-order valence-electron chi connectivity index (χ3n) is 4.76. The maximum Gasteiger partial charge on any atom is 0.287 e. The first-order valence-corrected chi connectivity index (χ1v) is 9.19. The summed E-state index contributed by atoms with van der Waals surface area (Å²) in [6, 6.07) is 17.7. The van der Waals surface area contributed by atoms with Gasteiger partial charge in [0.15, 0.2) is 5.76 Å². The van der Waals surface area contributed by atoms with E-state index in [1.165, 1.54) is 5.69 Å². The van der Waals surface area contributed by atoms with Gasteiger partial charge in [-0.15, -0.1) is 0 Å². The Morgan fingerprint density at radius 2 is 1.74 bits per heavy atom. The molecule has 0 unspecified atom stereocenters. The van der Waals surface area contributed by atoms with Crippen LogP contribution in [0, 0.1) is 0 Å². The normalized spacial score (nSPS) is 15.0. The molecule has 6 nitrogen and oxygen atoms in total. The van der Waals surface area contributed by atoms with Crippen LogP contribution in [-0.2, 0) is 13.1 Å². The van der Waals surface area contributed by atoms with Gasteiger partial charge >= 0.3 is 0 Å². The molecule has 1 fully saturated rings. The van der Waals surface area contributed by atoms with Crippen LogP contribution in [0.25, 0.3) is 0 Å². The first-order valence-electron chi connectivity index (χ1n) is 9.19. The van der Waals surface area contributed by atoms with Crippen LogP contribution in [0.15, 0.2) is 69.7 Å². The molecule has 1 aliphatic rings. The minimum atomic E-state index is -0.230. The van der Waals surface area contributed by atoms with E-state index in [-0.39, 0.29) is 5.91 Å². The minimum absolute atomic E-state index is 0.230. The molecule has 0 atom stereocenters. The fraction of sp³-hybridized carbons (Fsp3) is 0.286. The van der Waals surface area contributed by atoms with E-state index in [9.17, 15) is 4.79 Å². The number of nitrogens with one attached hydrogen (secondary N) is 1. The van der Waals surface area contributed by atoms with Crippen molar-refractivity contribution < 1.29 is 13.6 Å². The number of amides is 1. The monoisotopic (exact) mass is 365 g/mol. The smallest absolute Gasteiger partial charge is 0.287 e. The van der Waals surface area contributed by atoms with Crippen molar-refractivity contribution >= 4 is 11.6 Å². The van der Waals surface area contributed by atoms with E-state index in [0.29, 0.717) is 24.6 Å². The van der Waals surface area contributed by atoms with E-state index in [1.54, 1.807) is 18.4 Å². The Hall–Kier alpha value is -2.99. The third-order valence-corrected chi connectivity index (χ3v) is 4.76. The molecule has 0 radical (unpaired) electrons. The van der Waals surface area contributed by atoms with Gasteiger partial charge < -0.3 is 19.1 Å². The van der Waals surface area contributed by atoms with Gasteiger partial charge in [0.1, 0.15) is 11.5 Å². The quantitative estimate of drug-likeness (QED) is 0.727. The average molecular weight is 365 g/mol. The van der Waals surface area contributed by atoms with Crippen LogP contribution in [0.1, 0.15) is 22.1 Å². The summed E-state index contributed by atoms with van der Waals surface area (Å²) in [4.78, 5) is 16.9. The van der Waals surface area contributed by atoms with Gasteiger partial charge in [-0.1, -0.05) is 18.2 Å². The highest BCUT2D eigenvalue weighted by Gasteiger charge is 2.19. The van der Waals surface area contributed by atoms with Crippen molar-refractivity contribution in [2.24, 2.45) is 0 Å². The van der Waals surface area contributed by atoms with Crippen LogP contribution < -0.4 is 10.2 Å². The summed E-state index contributed by atoms with van der Waals surface area (Å²) in [6.07, 6.45) is 1.59. The number of benzene rings is 1. The number of hydrogen-bond donors (Lipinski definition) is 1. The minimum Gasteiger partial charge on any atom is -0.467 e. The Kier molecular flexibility index (Phi) is 5.25. The Balaban J connectivity index is 1.26. The van der Waals surface area contributed by atoms with Crippen LogP contribution in [0.2, 0.25) is 0 Å². The highest BCUT2D eigenvalue weighted by molar-refractivity contribution is 5.91. The predicted molar refractivity (Wildman–Crippen MR) is 103 cm³/mol. The molecule has 0 saturated carbocycles. The molecule has 1 aromatic carbocycles. The molecule has 1 saturated heterocycles. The van der Waals surface area contributed by atoms with Crippen molar-refractivity contribution in [2.45, 2.75) is 13.1 Å². The maximum absolute atomic E-state index is 12.2. The van der Waals surface area contributed by atoms with E-state index in [1.807, 2.05) is 18.2 Å². The van der Waals surface area contributed by atoms with Gasteiger partial charge in [0.05, 0.1) is 19.4 Å². The predicted octanol–water partition coefficient (Wildman–Crippen LogP) is 3.12. The van der Waals surface area contributed by atoms with Crippen molar-refractivity contribution in [3.8, 4) is 0 Å². The second kappa shape index (κ2) is 8.14. The number of para-hydroxylation sites is 1. The summed E-state index contributed by atoms with van der Waals surface area (Å²) in [5.41, 5.74) is 1.27. The van der Waals surface area contributed by atoms with Crippen molar-refractivity contribution in [1.82, 2.24) is 10.2 Å². The van der Waals surface area contributed by atoms with Gasteiger partial charge in [-0.25, -0.2) is 0 Å². The summed E-state index contributed by atoms with van der Waals surface area (Å²) < 4.78 is 10.9. The fourth-order valence-corrected chi connectivity index (χ4v) is 3.28. The Bertz CT molecular complexity index is 850. The second-order valence-corrected chi connectivity index (χ2v) is 6.63. The fourth-order valence-electron chi connectivity index (χ4n) is 3.28. The highest BCUT2D eigenvalue weighted by Crippen LogP contribution is 2.17. The summed E-state index contributed by atoms with van der Waals surface area (Å²) in [6.45, 7) is 4.98. The molecule has 3 heterocycles. The van der Waals surface area contributed by atoms with Crippen molar-refractivity contribution in [1.29, 1.82) is 0 Å². The Labute approximate surface area is 158 Å². The summed E-state index contributed by atoms with van der Waals surface area (Å²) >= 11 is 0. The standard InChI is InChI=1S/C21H23N3O3/c25-21(22-15-18-7-4-14-26-18)20-9-8-19(27-20)16-23-10-12-24(13-11-23)17-5-2-1-3-6-17/h1-9,14H,10-13,15-16H2,(H,22,25). The lowest BCUT2D eigenvalue weighted by molar-refractivity contribution is 0.0916. The number of hydrogen-bond acceptors (Lipinski definition) is 5. The zero-order valence-corrected chi connectivity index (χ0v) is 15.1. The number of anilines is 1. The van der Waals surface area contributed by atoms with Gasteiger partial charge in [0.25, 0.3) is 5.91 Å². The van der Waals surface area contributed by atoms with E-state index in [2.05, 4.69) is 39.4 Å². The largest absolute Gasteiger partial charge is 0.467 e. The highest BCUT2D eigenvalue weighted by atomic mass is 16.4. The molecular formula is C21H23N3O3. The van der Waals surface area contributed by atoms with E-state index >= 15 is 0 Å². The van der Waals surface area contributed by atoms with E-state index < -0.39 is 0 Å². The number of carbonyl (C=O) groups is 1. The SMILES string of the molecule is O=C(NCc1ccco1)c1ccc(CN2CCN(c3ccccc3)CC2)o1. The van der Waals surface area contributed by atoms with Crippen molar-refractivity contribution in [3.05, 3.63) is 78.1 Å². The van der Waals surface area contributed by atoms with Crippen LogP contribution in [0.3, 0.4) is 0 Å². The van der Waals surface area contributed by atoms with Gasteiger partial charge in [-0.05, 0) is 36.4 Å². The molecule has 1 amide bonds. The maximum atomic E-state index is 12.2. The molecular weight excluding hydrogens is 342 g/mol. The lowest BCUT2D eigenvalue weighted by atomic mass is 10.2. The van der Waals surface area contributed by atoms with Gasteiger partial charge in [0, 0.05) is 31.9 Å². The van der Waals surface area contributed by atoms with Crippen LogP contribution in [-0.4, -0.2) is 37.0 Å². The molecule has 2 aromatic heterocycles. The number of nitrogens with zero attached hydrogens (tertiary/aromatic N) is 2. The lowest BCUT2D eigenvalue weighted by Crippen LogP contribution is -2.45. The number of piperazine rings is 1. The molecule has 0 aliphatic carbocycles. The molecule has 4 rings (SSSR count). The Morgan fingerprint density at radius 1 is 0.926 bits per heavy atom. The summed E-state index contributed by atoms with van der Waals surface area (Å²) in [5, 5.41) is 2.80. The van der Waals surface area contributed by atoms with Gasteiger partial charge in [-0.2, -0.15) is 0 Å². The summed E-state index contributed by atoms with van der Waals surface area (Å²) in [5.74, 6) is 1.63. The van der Waals surface area contributed by atoms with E-state index in [0.717, 1.165) is 31.9 Å². The zero-order valence-electron chi connectivity index (χ0n) is 15.1. The van der Waals surface area contributed by atoms with Crippen LogP contribution in [0.4, 0.5) is 5.69 Å². The number of carbonyl (C=O) groups excluding carboxylic acids is 1. The number of rotatable bonds is 6. The van der Waals surface area contributed by atoms with Gasteiger partial charge in [-0.3, -0.25) is 9.69 Å². The van der Waals surface area contributed by atoms with E-state index in [4.69, 9.17) is 8.83 Å². The Morgan fingerprint density at radius 3 is 2.48 bits per heavy atom. The molecule has 6 heteroatoms. The topological polar surface area (TPSA) is 61.9 Å². The zero-order chi connectivity index (χ0) is 18.5. The molecule has 140 valence electrons. The van der Waals surface area contributed by atoms with Crippen LogP contribution in [0.5, 0.6) is 0 Å². The number of furan rings is 2. The van der Waals surface area contributed by atoms with Crippen LogP contribution >= 0.6 is 0 Å². The van der Waals surface area contributed by atoms with Gasteiger partial charge in [0.2, 0.25) is 0 Å². The molecule has 1 N–H and O–H groups in total. The first-order chi connectivity index (χ1) is 13.3. The second-order valence-electron chi connectivity index (χ2n) is 6.63. The first kappa shape index (κ1) is 17.4. The molecule has 1 aliphatic heterocycles. The third kappa shape index (κ3) is 4.41. The molecule has 27 heavy (non-hydrogen) atoms. The average Bonchev–Trinajstić information content (AvgIpc) is 3.40. The van der Waals surface area contributed by atoms with Crippen molar-refractivity contribution in [3.63, 3.8) is 0 Å².